The molecule has 1 aromatic carbocycles. The normalized spacial score (nSPS) is 32.0. The minimum absolute atomic E-state index is 0.00871. The van der Waals surface area contributed by atoms with Gasteiger partial charge in [0.2, 0.25) is 0 Å². The second kappa shape index (κ2) is 7.75. The summed E-state index contributed by atoms with van der Waals surface area (Å²) < 4.78 is 11.7. The Morgan fingerprint density at radius 2 is 1.92 bits per heavy atom. The number of fused-ring (bicyclic) bond motifs is 2. The quantitative estimate of drug-likeness (QED) is 0.568. The Morgan fingerprint density at radius 1 is 1.23 bits per heavy atom. The van der Waals surface area contributed by atoms with Crippen LogP contribution < -0.4 is 0 Å². The average molecular weight is 423 g/mol. The van der Waals surface area contributed by atoms with E-state index in [-0.39, 0.29) is 41.5 Å². The minimum atomic E-state index is -0.143. The number of hydrogen-bond donors (Lipinski definition) is 0. The molecule has 0 amide bonds. The summed E-state index contributed by atoms with van der Waals surface area (Å²) in [5.41, 5.74) is 1.15. The van der Waals surface area contributed by atoms with E-state index in [2.05, 4.69) is 45.0 Å². The molecule has 26 heavy (non-hydrogen) atoms. The predicted molar refractivity (Wildman–Crippen MR) is 106 cm³/mol. The average Bonchev–Trinajstić information content (AvgIpc) is 2.94. The molecule has 3 rings (SSSR count). The van der Waals surface area contributed by atoms with E-state index >= 15 is 0 Å². The van der Waals surface area contributed by atoms with Crippen LogP contribution in [-0.2, 0) is 14.3 Å². The van der Waals surface area contributed by atoms with Gasteiger partial charge in [0.05, 0.1) is 0 Å². The van der Waals surface area contributed by atoms with Crippen molar-refractivity contribution < 1.29 is 14.3 Å². The number of carbonyl (C=O) groups is 1. The molecule has 0 spiro atoms. The zero-order valence-corrected chi connectivity index (χ0v) is 18.4. The first-order chi connectivity index (χ1) is 12.4. The van der Waals surface area contributed by atoms with Crippen LogP contribution in [0.2, 0.25) is 9.63 Å². The Bertz CT molecular complexity index is 630. The molecule has 1 aromatic rings. The van der Waals surface area contributed by atoms with Gasteiger partial charge in [-0.15, -0.1) is 0 Å². The van der Waals surface area contributed by atoms with E-state index in [0.717, 1.165) is 6.42 Å². The molecule has 2 unspecified atom stereocenters. The van der Waals surface area contributed by atoms with Crippen LogP contribution in [-0.4, -0.2) is 41.1 Å². The van der Waals surface area contributed by atoms with E-state index in [1.165, 1.54) is 12.0 Å². The van der Waals surface area contributed by atoms with Crippen molar-refractivity contribution in [1.29, 1.82) is 0 Å². The van der Waals surface area contributed by atoms with Crippen LogP contribution in [0.15, 0.2) is 30.3 Å². The molecule has 2 aliphatic carbocycles. The fraction of sp³-hybridized carbons (Fsp3) is 0.682. The topological polar surface area (TPSA) is 35.5 Å². The molecule has 2 saturated carbocycles. The summed E-state index contributed by atoms with van der Waals surface area (Å²) in [7, 11) is 1.78. The Labute approximate surface area is 164 Å². The molecule has 0 heterocycles. The molecule has 0 N–H and O–H groups in total. The van der Waals surface area contributed by atoms with Gasteiger partial charge in [-0.25, -0.2) is 0 Å². The van der Waals surface area contributed by atoms with Crippen LogP contribution in [0.5, 0.6) is 0 Å². The number of carbonyl (C=O) groups excluding carboxylic acids is 1. The van der Waals surface area contributed by atoms with Crippen LogP contribution >= 0.6 is 0 Å². The number of Topliss-reactive ketones (excluding diaryl/α,β-unsaturated/α-hetero) is 1. The Balaban J connectivity index is 1.84. The summed E-state index contributed by atoms with van der Waals surface area (Å²) in [6.45, 7) is 10.2. The second-order valence-corrected chi connectivity index (χ2v) is 11.3. The first kappa shape index (κ1) is 20.1. The van der Waals surface area contributed by atoms with Gasteiger partial charge in [0.1, 0.15) is 0 Å². The number of ether oxygens (including phenoxy) is 2. The third-order valence-corrected chi connectivity index (χ3v) is 10.3. The van der Waals surface area contributed by atoms with Crippen molar-refractivity contribution in [2.24, 2.45) is 16.7 Å². The van der Waals surface area contributed by atoms with Gasteiger partial charge < -0.3 is 0 Å². The monoisotopic (exact) mass is 424 g/mol. The van der Waals surface area contributed by atoms with E-state index in [0.29, 0.717) is 24.9 Å². The number of ketones is 1. The van der Waals surface area contributed by atoms with Crippen molar-refractivity contribution in [2.45, 2.75) is 56.3 Å². The number of hydrogen-bond acceptors (Lipinski definition) is 3. The molecule has 2 aliphatic rings. The van der Waals surface area contributed by atoms with Crippen molar-refractivity contribution in [3.63, 3.8) is 0 Å². The standard InChI is InChI=1S/C22H32O3Se/c1-6-25-14-17(18(24-5)15-10-8-7-9-11-15)26-19-16-12-13-22(4,20(19)23)21(16,2)3/h7-11,16-19H,6,12-14H2,1-5H3/t16-,17?,18?,19+,22+/m1/s1. The zero-order chi connectivity index (χ0) is 18.9. The van der Waals surface area contributed by atoms with Gasteiger partial charge in [0.15, 0.2) is 0 Å². The molecule has 0 radical (unpaired) electrons. The van der Waals surface area contributed by atoms with Gasteiger partial charge in [0, 0.05) is 0 Å². The second-order valence-electron chi connectivity index (χ2n) is 8.38. The molecular formula is C22H32O3Se. The van der Waals surface area contributed by atoms with Crippen molar-refractivity contribution in [1.82, 2.24) is 0 Å². The van der Waals surface area contributed by atoms with Gasteiger partial charge in [-0.3, -0.25) is 0 Å². The maximum atomic E-state index is 13.3. The third-order valence-electron chi connectivity index (χ3n) is 7.00. The van der Waals surface area contributed by atoms with Crippen LogP contribution in [0.25, 0.3) is 0 Å². The van der Waals surface area contributed by atoms with Crippen molar-refractivity contribution in [2.75, 3.05) is 20.3 Å². The van der Waals surface area contributed by atoms with Gasteiger partial charge in [-0.05, 0) is 0 Å². The molecule has 144 valence electrons. The van der Waals surface area contributed by atoms with Crippen molar-refractivity contribution in [3.8, 4) is 0 Å². The SMILES string of the molecule is CCOCC([Se][C@@H]1C(=O)[C@]2(C)CC[C@H]1C2(C)C)C(OC)c1ccccc1. The third kappa shape index (κ3) is 3.20. The van der Waals surface area contributed by atoms with Gasteiger partial charge in [0.25, 0.3) is 0 Å². The van der Waals surface area contributed by atoms with E-state index < -0.39 is 0 Å². The summed E-state index contributed by atoms with van der Waals surface area (Å²) in [5, 5.41) is 0. The molecule has 4 heteroatoms. The molecule has 0 aromatic heterocycles. The van der Waals surface area contributed by atoms with Gasteiger partial charge in [-0.2, -0.15) is 0 Å². The van der Waals surface area contributed by atoms with E-state index in [1.807, 2.05) is 13.0 Å². The summed E-state index contributed by atoms with van der Waals surface area (Å²) in [5.74, 6) is 1.01. The fourth-order valence-corrected chi connectivity index (χ4v) is 9.15. The predicted octanol–water partition coefficient (Wildman–Crippen LogP) is 4.72. The molecule has 3 nitrogen and oxygen atoms in total. The van der Waals surface area contributed by atoms with E-state index in [4.69, 9.17) is 9.47 Å². The van der Waals surface area contributed by atoms with Gasteiger partial charge >= 0.3 is 164 Å². The summed E-state index contributed by atoms with van der Waals surface area (Å²) in [4.78, 5) is 13.7. The van der Waals surface area contributed by atoms with E-state index in [9.17, 15) is 4.79 Å². The zero-order valence-electron chi connectivity index (χ0n) is 16.7. The molecule has 5 atom stereocenters. The van der Waals surface area contributed by atoms with Gasteiger partial charge in [-0.1, -0.05) is 0 Å². The van der Waals surface area contributed by atoms with Crippen LogP contribution in [0.1, 0.15) is 52.2 Å². The summed E-state index contributed by atoms with van der Waals surface area (Å²) >= 11 is 0.156. The Hall–Kier alpha value is -0.671. The first-order valence-corrected chi connectivity index (χ1v) is 11.7. The van der Waals surface area contributed by atoms with Crippen LogP contribution in [0.3, 0.4) is 0 Å². The fourth-order valence-electron chi connectivity index (χ4n) is 4.93. The number of methoxy groups -OCH3 is 1. The molecule has 0 aliphatic heterocycles. The van der Waals surface area contributed by atoms with Crippen LogP contribution in [0.4, 0.5) is 0 Å². The molecule has 2 bridgehead atoms. The van der Waals surface area contributed by atoms with Crippen LogP contribution in [0, 0.1) is 16.7 Å². The summed E-state index contributed by atoms with van der Waals surface area (Å²) in [6, 6.07) is 10.4. The maximum absolute atomic E-state index is 13.3. The number of rotatable bonds is 8. The molecular weight excluding hydrogens is 391 g/mol. The molecule has 0 saturated heterocycles. The molecule has 2 fully saturated rings. The van der Waals surface area contributed by atoms with Crippen molar-refractivity contribution in [3.05, 3.63) is 35.9 Å². The first-order valence-electron chi connectivity index (χ1n) is 9.72. The summed E-state index contributed by atoms with van der Waals surface area (Å²) in [6.07, 6.45) is 2.23. The van der Waals surface area contributed by atoms with E-state index in [1.54, 1.807) is 7.11 Å². The Morgan fingerprint density at radius 3 is 2.46 bits per heavy atom. The Kier molecular flexibility index (Phi) is 5.99. The number of benzene rings is 1. The van der Waals surface area contributed by atoms with Crippen molar-refractivity contribution >= 4 is 20.7 Å².